The zero-order valence-corrected chi connectivity index (χ0v) is 15.5. The minimum absolute atomic E-state index is 0.0694. The second-order valence-electron chi connectivity index (χ2n) is 5.95. The van der Waals surface area contributed by atoms with Gasteiger partial charge in [-0.1, -0.05) is 30.3 Å². The van der Waals surface area contributed by atoms with Gasteiger partial charge in [-0.15, -0.1) is 0 Å². The highest BCUT2D eigenvalue weighted by atomic mass is 16.6. The van der Waals surface area contributed by atoms with Crippen molar-refractivity contribution in [3.63, 3.8) is 0 Å². The minimum Gasteiger partial charge on any atom is -0.465 e. The topological polar surface area (TPSA) is 118 Å². The maximum absolute atomic E-state index is 11.7. The third kappa shape index (κ3) is 4.25. The Morgan fingerprint density at radius 2 is 1.86 bits per heavy atom. The Morgan fingerprint density at radius 3 is 2.45 bits per heavy atom. The number of esters is 1. The monoisotopic (exact) mass is 391 g/mol. The lowest BCUT2D eigenvalue weighted by Crippen LogP contribution is -2.16. The van der Waals surface area contributed by atoms with Crippen LogP contribution in [-0.4, -0.2) is 24.0 Å². The molecule has 0 aliphatic rings. The quantitative estimate of drug-likeness (QED) is 0.361. The third-order valence-electron chi connectivity index (χ3n) is 4.12. The summed E-state index contributed by atoms with van der Waals surface area (Å²) >= 11 is 0. The van der Waals surface area contributed by atoms with E-state index < -0.39 is 10.9 Å². The molecule has 2 aromatic carbocycles. The van der Waals surface area contributed by atoms with E-state index in [0.29, 0.717) is 22.5 Å². The molecule has 29 heavy (non-hydrogen) atoms. The smallest absolute Gasteiger partial charge is 0.325 e. The standard InChI is InChI=1S/C21H17N3O5/c1-2-28-18(25)13-23-21-19(14-8-10-16(11-9-14)24(26)27)17(12-22)20(29-21)15-6-4-3-5-7-15/h3-11,23H,2,13H2,1H3. The van der Waals surface area contributed by atoms with E-state index in [0.717, 1.165) is 0 Å². The van der Waals surface area contributed by atoms with E-state index in [-0.39, 0.29) is 30.3 Å². The molecule has 0 aliphatic carbocycles. The summed E-state index contributed by atoms with van der Waals surface area (Å²) in [5.41, 5.74) is 1.85. The molecule has 0 spiro atoms. The molecule has 0 radical (unpaired) electrons. The zero-order valence-electron chi connectivity index (χ0n) is 15.5. The van der Waals surface area contributed by atoms with Crippen molar-refractivity contribution >= 4 is 17.5 Å². The number of carbonyl (C=O) groups is 1. The molecule has 146 valence electrons. The van der Waals surface area contributed by atoms with Crippen LogP contribution in [0.1, 0.15) is 12.5 Å². The number of nitrogens with zero attached hydrogens (tertiary/aromatic N) is 2. The first-order chi connectivity index (χ1) is 14.0. The fraction of sp³-hybridized carbons (Fsp3) is 0.143. The van der Waals surface area contributed by atoms with Crippen LogP contribution in [0.25, 0.3) is 22.5 Å². The average molecular weight is 391 g/mol. The van der Waals surface area contributed by atoms with Crippen LogP contribution in [0, 0.1) is 21.4 Å². The van der Waals surface area contributed by atoms with Gasteiger partial charge in [0.05, 0.1) is 17.1 Å². The van der Waals surface area contributed by atoms with Gasteiger partial charge >= 0.3 is 5.97 Å². The summed E-state index contributed by atoms with van der Waals surface area (Å²) in [6.07, 6.45) is 0. The van der Waals surface area contributed by atoms with Crippen molar-refractivity contribution in [2.75, 3.05) is 18.5 Å². The van der Waals surface area contributed by atoms with E-state index in [1.54, 1.807) is 19.1 Å². The molecule has 0 saturated carbocycles. The Bertz CT molecular complexity index is 1070. The van der Waals surface area contributed by atoms with Crippen molar-refractivity contribution in [2.24, 2.45) is 0 Å². The van der Waals surface area contributed by atoms with Crippen molar-refractivity contribution in [3.05, 3.63) is 70.3 Å². The molecule has 1 aromatic heterocycles. The maximum Gasteiger partial charge on any atom is 0.325 e. The normalized spacial score (nSPS) is 10.2. The van der Waals surface area contributed by atoms with E-state index >= 15 is 0 Å². The molecule has 0 bridgehead atoms. The number of hydrogen-bond donors (Lipinski definition) is 1. The van der Waals surface area contributed by atoms with Gasteiger partial charge < -0.3 is 14.5 Å². The van der Waals surface area contributed by atoms with Crippen molar-refractivity contribution in [3.8, 4) is 28.5 Å². The minimum atomic E-state index is -0.500. The first-order valence-electron chi connectivity index (χ1n) is 8.81. The van der Waals surface area contributed by atoms with Crippen LogP contribution < -0.4 is 5.32 Å². The first-order valence-corrected chi connectivity index (χ1v) is 8.81. The van der Waals surface area contributed by atoms with Crippen LogP contribution in [0.4, 0.5) is 11.6 Å². The summed E-state index contributed by atoms with van der Waals surface area (Å²) in [6.45, 7) is 1.79. The SMILES string of the molecule is CCOC(=O)CNc1oc(-c2ccccc2)c(C#N)c1-c1ccc([N+](=O)[O-])cc1. The van der Waals surface area contributed by atoms with Gasteiger partial charge in [0, 0.05) is 17.7 Å². The van der Waals surface area contributed by atoms with Crippen molar-refractivity contribution in [1.29, 1.82) is 5.26 Å². The van der Waals surface area contributed by atoms with E-state index in [2.05, 4.69) is 11.4 Å². The van der Waals surface area contributed by atoms with Crippen LogP contribution in [0.5, 0.6) is 0 Å². The molecular formula is C21H17N3O5. The predicted octanol–water partition coefficient (Wildman–Crippen LogP) is 4.37. The van der Waals surface area contributed by atoms with Crippen LogP contribution in [0.2, 0.25) is 0 Å². The maximum atomic E-state index is 11.7. The number of carbonyl (C=O) groups excluding carboxylic acids is 1. The summed E-state index contributed by atoms with van der Waals surface area (Å²) < 4.78 is 10.8. The molecule has 0 aliphatic heterocycles. The van der Waals surface area contributed by atoms with Crippen molar-refractivity contribution < 1.29 is 18.9 Å². The van der Waals surface area contributed by atoms with Crippen LogP contribution in [-0.2, 0) is 9.53 Å². The second-order valence-corrected chi connectivity index (χ2v) is 5.95. The molecule has 8 heteroatoms. The number of nitriles is 1. The van der Waals surface area contributed by atoms with E-state index in [1.165, 1.54) is 24.3 Å². The van der Waals surface area contributed by atoms with Gasteiger partial charge in [0.2, 0.25) is 5.88 Å². The Balaban J connectivity index is 2.10. The molecule has 0 fully saturated rings. The number of nitro benzene ring substituents is 1. The van der Waals surface area contributed by atoms with E-state index in [9.17, 15) is 20.2 Å². The number of benzene rings is 2. The lowest BCUT2D eigenvalue weighted by molar-refractivity contribution is -0.384. The van der Waals surface area contributed by atoms with Gasteiger partial charge in [0.25, 0.3) is 5.69 Å². The highest BCUT2D eigenvalue weighted by molar-refractivity contribution is 5.88. The molecule has 1 heterocycles. The molecule has 8 nitrogen and oxygen atoms in total. The number of non-ortho nitro benzene ring substituents is 1. The molecule has 0 atom stereocenters. The van der Waals surface area contributed by atoms with Crippen LogP contribution >= 0.6 is 0 Å². The number of rotatable bonds is 7. The number of furan rings is 1. The summed E-state index contributed by atoms with van der Waals surface area (Å²) in [6, 6.07) is 17.0. The Kier molecular flexibility index (Phi) is 5.90. The fourth-order valence-electron chi connectivity index (χ4n) is 2.84. The highest BCUT2D eigenvalue weighted by Gasteiger charge is 2.24. The number of nitro groups is 1. The van der Waals surface area contributed by atoms with Gasteiger partial charge in [-0.3, -0.25) is 14.9 Å². The molecule has 0 amide bonds. The van der Waals surface area contributed by atoms with Gasteiger partial charge in [0.1, 0.15) is 18.2 Å². The molecule has 1 N–H and O–H groups in total. The first kappa shape index (κ1) is 19.6. The fourth-order valence-corrected chi connectivity index (χ4v) is 2.84. The lowest BCUT2D eigenvalue weighted by Gasteiger charge is -2.06. The molecule has 0 unspecified atom stereocenters. The Labute approximate surface area is 166 Å². The number of anilines is 1. The summed E-state index contributed by atoms with van der Waals surface area (Å²) in [5.74, 6) is 0.0773. The number of nitrogens with one attached hydrogen (secondary N) is 1. The van der Waals surface area contributed by atoms with Crippen molar-refractivity contribution in [1.82, 2.24) is 0 Å². The summed E-state index contributed by atoms with van der Waals surface area (Å²) in [4.78, 5) is 22.2. The highest BCUT2D eigenvalue weighted by Crippen LogP contribution is 2.41. The van der Waals surface area contributed by atoms with Gasteiger partial charge in [-0.05, 0) is 24.6 Å². The van der Waals surface area contributed by atoms with E-state index in [4.69, 9.17) is 9.15 Å². The molecule has 3 rings (SSSR count). The lowest BCUT2D eigenvalue weighted by atomic mass is 10.00. The number of hydrogen-bond acceptors (Lipinski definition) is 7. The third-order valence-corrected chi connectivity index (χ3v) is 4.12. The van der Waals surface area contributed by atoms with Gasteiger partial charge in [0.15, 0.2) is 5.76 Å². The average Bonchev–Trinajstić information content (AvgIpc) is 3.11. The Morgan fingerprint density at radius 1 is 1.17 bits per heavy atom. The number of ether oxygens (including phenoxy) is 1. The van der Waals surface area contributed by atoms with Crippen LogP contribution in [0.15, 0.2) is 59.0 Å². The van der Waals surface area contributed by atoms with Crippen molar-refractivity contribution in [2.45, 2.75) is 6.92 Å². The largest absolute Gasteiger partial charge is 0.465 e. The summed E-state index contributed by atoms with van der Waals surface area (Å²) in [7, 11) is 0. The van der Waals surface area contributed by atoms with Gasteiger partial charge in [-0.2, -0.15) is 5.26 Å². The Hall–Kier alpha value is -4.12. The molecular weight excluding hydrogens is 374 g/mol. The molecule has 0 saturated heterocycles. The van der Waals surface area contributed by atoms with Crippen LogP contribution in [0.3, 0.4) is 0 Å². The summed E-state index contributed by atoms with van der Waals surface area (Å²) in [5, 5.41) is 23.6. The van der Waals surface area contributed by atoms with E-state index in [1.807, 2.05) is 18.2 Å². The molecule has 3 aromatic rings. The second kappa shape index (κ2) is 8.71. The zero-order chi connectivity index (χ0) is 20.8. The van der Waals surface area contributed by atoms with Gasteiger partial charge in [-0.25, -0.2) is 0 Å². The predicted molar refractivity (Wildman–Crippen MR) is 106 cm³/mol.